The van der Waals surface area contributed by atoms with Gasteiger partial charge in [0.05, 0.1) is 33.8 Å². The minimum atomic E-state index is -4.46. The van der Waals surface area contributed by atoms with Crippen molar-refractivity contribution in [3.8, 4) is 0 Å². The van der Waals surface area contributed by atoms with E-state index in [1.807, 2.05) is 33.3 Å². The Bertz CT molecular complexity index is 1640. The molecule has 0 bridgehead atoms. The molecule has 9 nitrogen and oxygen atoms in total. The summed E-state index contributed by atoms with van der Waals surface area (Å²) in [6.45, 7) is 6.78. The molecule has 1 amide bonds. The zero-order valence-corrected chi connectivity index (χ0v) is 51.6. The molecule has 0 aromatic rings. The summed E-state index contributed by atoms with van der Waals surface area (Å²) < 4.78 is 30.7. The Morgan fingerprint density at radius 1 is 0.468 bits per heavy atom. The average molecular weight is 1100 g/mol. The van der Waals surface area contributed by atoms with E-state index < -0.39 is 20.0 Å². The molecule has 0 radical (unpaired) electrons. The quantitative estimate of drug-likeness (QED) is 0.0205. The smallest absolute Gasteiger partial charge is 0.456 e. The van der Waals surface area contributed by atoms with E-state index in [0.717, 1.165) is 128 Å². The van der Waals surface area contributed by atoms with E-state index >= 15 is 0 Å². The van der Waals surface area contributed by atoms with Crippen molar-refractivity contribution in [3.63, 3.8) is 0 Å². The van der Waals surface area contributed by atoms with Crippen LogP contribution < -0.4 is 5.32 Å². The molecule has 3 atom stereocenters. The minimum Gasteiger partial charge on any atom is -0.456 e. The number of phosphoric ester groups is 1. The van der Waals surface area contributed by atoms with Gasteiger partial charge in [0.25, 0.3) is 0 Å². The highest BCUT2D eigenvalue weighted by atomic mass is 31.2. The number of hydrogen-bond acceptors (Lipinski definition) is 6. The van der Waals surface area contributed by atoms with E-state index in [0.29, 0.717) is 17.4 Å². The highest BCUT2D eigenvalue weighted by molar-refractivity contribution is 7.47. The topological polar surface area (TPSA) is 111 Å². The lowest BCUT2D eigenvalue weighted by molar-refractivity contribution is -0.870. The Morgan fingerprint density at radius 3 is 1.25 bits per heavy atom. The van der Waals surface area contributed by atoms with Crippen LogP contribution in [0.4, 0.5) is 0 Å². The maximum Gasteiger partial charge on any atom is 0.472 e. The molecule has 0 heterocycles. The molecule has 3 unspecified atom stereocenters. The first-order chi connectivity index (χ1) is 37.4. The fourth-order valence-electron chi connectivity index (χ4n) is 8.71. The number of hydrogen-bond donors (Lipinski definition) is 2. The molecule has 10 heteroatoms. The van der Waals surface area contributed by atoms with E-state index in [-0.39, 0.29) is 31.5 Å². The number of carbonyl (C=O) groups is 2. The van der Waals surface area contributed by atoms with Crippen LogP contribution in [0, 0.1) is 0 Å². The van der Waals surface area contributed by atoms with E-state index in [2.05, 4.69) is 111 Å². The first-order valence-electron chi connectivity index (χ1n) is 31.6. The van der Waals surface area contributed by atoms with Gasteiger partial charge in [0, 0.05) is 12.8 Å². The third-order valence-corrected chi connectivity index (χ3v) is 14.5. The molecule has 0 aliphatic heterocycles. The average Bonchev–Trinajstić information content (AvgIpc) is 3.39. The minimum absolute atomic E-state index is 0.0336. The molecule has 0 aliphatic carbocycles. The van der Waals surface area contributed by atoms with Gasteiger partial charge in [-0.25, -0.2) is 4.57 Å². The molecule has 77 heavy (non-hydrogen) atoms. The number of ether oxygens (including phenoxy) is 1. The SMILES string of the molecule is CC/C=C\C/C=C\C/C=C\C/C=C\C/C=C\CCCCCCCCCCCC(=O)OC(/C=C\CCCCCCCCCCCC)C(COP(=O)(O)OCC[N+](C)(C)C)NC(=O)CCCCCCCCC/C=C/C/C=C/CC. The van der Waals surface area contributed by atoms with Gasteiger partial charge in [-0.15, -0.1) is 0 Å². The molecule has 2 N–H and O–H groups in total. The van der Waals surface area contributed by atoms with Crippen LogP contribution in [0.25, 0.3) is 0 Å². The number of allylic oxidation sites excluding steroid dienone is 15. The van der Waals surface area contributed by atoms with Crippen molar-refractivity contribution < 1.29 is 37.3 Å². The predicted octanol–water partition coefficient (Wildman–Crippen LogP) is 19.6. The summed E-state index contributed by atoms with van der Waals surface area (Å²) in [5.74, 6) is -0.524. The lowest BCUT2D eigenvalue weighted by Crippen LogP contribution is -2.47. The van der Waals surface area contributed by atoms with Gasteiger partial charge >= 0.3 is 13.8 Å². The number of phosphoric acid groups is 1. The highest BCUT2D eigenvalue weighted by Crippen LogP contribution is 2.43. The summed E-state index contributed by atoms with van der Waals surface area (Å²) in [7, 11) is 1.48. The second-order valence-corrected chi connectivity index (χ2v) is 23.6. The Hall–Kier alpha value is -3.07. The monoisotopic (exact) mass is 1100 g/mol. The third kappa shape index (κ3) is 57.4. The Kier molecular flexibility index (Phi) is 54.0. The number of amides is 1. The van der Waals surface area contributed by atoms with Crippen molar-refractivity contribution in [2.24, 2.45) is 0 Å². The molecular formula is C67H120N2O7P+. The van der Waals surface area contributed by atoms with Crippen molar-refractivity contribution >= 4 is 19.7 Å². The molecule has 0 saturated carbocycles. The number of likely N-dealkylation sites (N-methyl/N-ethyl adjacent to an activating group) is 1. The summed E-state index contributed by atoms with van der Waals surface area (Å²) in [5.41, 5.74) is 0. The number of quaternary nitrogens is 1. The van der Waals surface area contributed by atoms with Crippen molar-refractivity contribution in [1.29, 1.82) is 0 Å². The van der Waals surface area contributed by atoms with Gasteiger partial charge in [-0.05, 0) is 102 Å². The summed E-state index contributed by atoms with van der Waals surface area (Å²) in [5, 5.41) is 3.05. The van der Waals surface area contributed by atoms with Crippen molar-refractivity contribution in [3.05, 3.63) is 97.2 Å². The summed E-state index contributed by atoms with van der Waals surface area (Å²) in [6.07, 6.45) is 75.5. The van der Waals surface area contributed by atoms with Crippen LogP contribution in [-0.4, -0.2) is 74.3 Å². The van der Waals surface area contributed by atoms with Crippen LogP contribution in [0.3, 0.4) is 0 Å². The highest BCUT2D eigenvalue weighted by Gasteiger charge is 2.30. The van der Waals surface area contributed by atoms with Crippen LogP contribution >= 0.6 is 7.82 Å². The molecule has 444 valence electrons. The van der Waals surface area contributed by atoms with Gasteiger partial charge < -0.3 is 19.4 Å². The predicted molar refractivity (Wildman–Crippen MR) is 332 cm³/mol. The first kappa shape index (κ1) is 73.9. The maximum absolute atomic E-state index is 13.5. The van der Waals surface area contributed by atoms with Crippen molar-refractivity contribution in [2.75, 3.05) is 40.9 Å². The third-order valence-electron chi connectivity index (χ3n) is 13.5. The zero-order chi connectivity index (χ0) is 56.4. The number of nitrogens with one attached hydrogen (secondary N) is 1. The number of nitrogens with zero attached hydrogens (tertiary/aromatic N) is 1. The number of unbranched alkanes of at least 4 members (excludes halogenated alkanes) is 26. The lowest BCUT2D eigenvalue weighted by atomic mass is 10.0. The van der Waals surface area contributed by atoms with Gasteiger partial charge in [0.15, 0.2) is 0 Å². The second-order valence-electron chi connectivity index (χ2n) is 22.2. The zero-order valence-electron chi connectivity index (χ0n) is 50.7. The van der Waals surface area contributed by atoms with Crippen LogP contribution in [0.2, 0.25) is 0 Å². The fraction of sp³-hybridized carbons (Fsp3) is 0.731. The first-order valence-corrected chi connectivity index (χ1v) is 33.1. The van der Waals surface area contributed by atoms with Gasteiger partial charge in [0.1, 0.15) is 19.3 Å². The molecule has 0 saturated heterocycles. The number of carbonyl (C=O) groups excluding carboxylic acids is 2. The lowest BCUT2D eigenvalue weighted by Gasteiger charge is -2.27. The van der Waals surface area contributed by atoms with Gasteiger partial charge in [-0.1, -0.05) is 247 Å². The maximum atomic E-state index is 13.5. The van der Waals surface area contributed by atoms with E-state index in [9.17, 15) is 19.0 Å². The fourth-order valence-corrected chi connectivity index (χ4v) is 9.45. The van der Waals surface area contributed by atoms with E-state index in [4.69, 9.17) is 13.8 Å². The van der Waals surface area contributed by atoms with Gasteiger partial charge in [-0.2, -0.15) is 0 Å². The van der Waals surface area contributed by atoms with E-state index in [1.54, 1.807) is 0 Å². The van der Waals surface area contributed by atoms with Crippen LogP contribution in [0.1, 0.15) is 265 Å². The number of esters is 1. The number of rotatable bonds is 56. The Labute approximate surface area is 475 Å². The summed E-state index contributed by atoms with van der Waals surface area (Å²) in [4.78, 5) is 37.7. The van der Waals surface area contributed by atoms with Crippen LogP contribution in [-0.2, 0) is 27.9 Å². The molecule has 0 fully saturated rings. The molecule has 0 aromatic heterocycles. The van der Waals surface area contributed by atoms with Gasteiger partial charge in [-0.3, -0.25) is 18.6 Å². The summed E-state index contributed by atoms with van der Waals surface area (Å²) >= 11 is 0. The second kappa shape index (κ2) is 56.2. The van der Waals surface area contributed by atoms with E-state index in [1.165, 1.54) is 103 Å². The molecule has 0 aliphatic rings. The van der Waals surface area contributed by atoms with Crippen molar-refractivity contribution in [1.82, 2.24) is 5.32 Å². The molecular weight excluding hydrogens is 976 g/mol. The van der Waals surface area contributed by atoms with Crippen LogP contribution in [0.5, 0.6) is 0 Å². The summed E-state index contributed by atoms with van der Waals surface area (Å²) in [6, 6.07) is -0.860. The standard InChI is InChI=1S/C67H119N2O7P/c1-7-10-13-16-19-22-25-28-30-31-32-33-34-35-36-37-38-39-40-42-45-48-51-54-57-60-67(71)76-65(58-55-52-49-46-43-27-24-21-18-15-12-9-3)64(63-75-77(72,73)74-62-61-69(4,5)6)68-66(70)59-56-53-50-47-44-41-29-26-23-20-17-14-11-8-2/h10-11,13-14,19-20,22-23,28,30,32-33,35-36,55,58,64-65H,7-9,12,15-18,21,24-27,29,31,34,37-54,56-57,59-63H2,1-6H3,(H-,68,70,72,73)/p+1/b13-10-,14-11+,22-19-,23-20+,30-28-,33-32-,36-35-,58-55-. The Balaban J connectivity index is 5.17. The normalized spacial score (nSPS) is 14.3. The Morgan fingerprint density at radius 2 is 0.831 bits per heavy atom. The molecule has 0 spiro atoms. The van der Waals surface area contributed by atoms with Gasteiger partial charge in [0.2, 0.25) is 5.91 Å². The molecule has 0 rings (SSSR count). The van der Waals surface area contributed by atoms with Crippen molar-refractivity contribution in [2.45, 2.75) is 277 Å². The van der Waals surface area contributed by atoms with Crippen LogP contribution in [0.15, 0.2) is 97.2 Å². The molecule has 0 aromatic carbocycles. The largest absolute Gasteiger partial charge is 0.472 e.